The van der Waals surface area contributed by atoms with Crippen LogP contribution in [0.4, 0.5) is 10.9 Å². The van der Waals surface area contributed by atoms with Crippen LogP contribution in [0.1, 0.15) is 4.88 Å². The molecule has 0 fully saturated rings. The Bertz CT molecular complexity index is 699. The molecule has 2 aromatic rings. The van der Waals surface area contributed by atoms with Gasteiger partial charge >= 0.3 is 0 Å². The summed E-state index contributed by atoms with van der Waals surface area (Å²) in [5, 5.41) is 3.08. The molecule has 102 valence electrons. The number of halogens is 1. The van der Waals surface area contributed by atoms with Crippen LogP contribution in [0.3, 0.4) is 0 Å². The van der Waals surface area contributed by atoms with Gasteiger partial charge in [0.05, 0.1) is 0 Å². The highest BCUT2D eigenvalue weighted by molar-refractivity contribution is 9.10. The zero-order chi connectivity index (χ0) is 14.0. The van der Waals surface area contributed by atoms with E-state index in [2.05, 4.69) is 35.9 Å². The van der Waals surface area contributed by atoms with E-state index in [0.717, 1.165) is 4.88 Å². The van der Waals surface area contributed by atoms with Crippen molar-refractivity contribution in [1.29, 1.82) is 0 Å². The number of nitrogens with zero attached hydrogens (tertiary/aromatic N) is 2. The maximum Gasteiger partial charge on any atom is 0.267 e. The van der Waals surface area contributed by atoms with Crippen molar-refractivity contribution in [3.8, 4) is 0 Å². The Kier molecular flexibility index (Phi) is 4.07. The average molecular weight is 363 g/mol. The molecule has 19 heavy (non-hydrogen) atoms. The van der Waals surface area contributed by atoms with Crippen LogP contribution in [-0.4, -0.2) is 25.4 Å². The number of sulfonamides is 1. The van der Waals surface area contributed by atoms with E-state index in [4.69, 9.17) is 0 Å². The summed E-state index contributed by atoms with van der Waals surface area (Å²) in [7, 11) is -2.11. The standard InChI is InChI=1S/C10H11BrN4O2S2/c1-6-4-14-10(18-6)15-19(16,17)8-3-7(11)5-13-9(8)12-2/h3-5H,1-2H3,(H,12,13)(H,14,15). The van der Waals surface area contributed by atoms with E-state index in [1.165, 1.54) is 23.6 Å². The Morgan fingerprint density at radius 3 is 2.63 bits per heavy atom. The lowest BCUT2D eigenvalue weighted by Crippen LogP contribution is -2.15. The number of hydrogen-bond acceptors (Lipinski definition) is 6. The van der Waals surface area contributed by atoms with Gasteiger partial charge in [-0.1, -0.05) is 0 Å². The summed E-state index contributed by atoms with van der Waals surface area (Å²) in [6.45, 7) is 1.86. The molecule has 0 bridgehead atoms. The molecule has 6 nitrogen and oxygen atoms in total. The van der Waals surface area contributed by atoms with Crippen molar-refractivity contribution in [2.45, 2.75) is 11.8 Å². The highest BCUT2D eigenvalue weighted by Gasteiger charge is 2.21. The Hall–Kier alpha value is -1.19. The predicted octanol–water partition coefficient (Wildman–Crippen LogP) is 2.45. The second-order valence-corrected chi connectivity index (χ2v) is 7.43. The summed E-state index contributed by atoms with van der Waals surface area (Å²) in [5.41, 5.74) is 0. The Morgan fingerprint density at radius 2 is 2.05 bits per heavy atom. The number of pyridine rings is 1. The molecule has 9 heteroatoms. The predicted molar refractivity (Wildman–Crippen MR) is 79.1 cm³/mol. The Balaban J connectivity index is 2.41. The average Bonchev–Trinajstić information content (AvgIpc) is 2.74. The summed E-state index contributed by atoms with van der Waals surface area (Å²) in [6.07, 6.45) is 3.14. The van der Waals surface area contributed by atoms with E-state index in [-0.39, 0.29) is 10.7 Å². The van der Waals surface area contributed by atoms with Crippen molar-refractivity contribution < 1.29 is 8.42 Å². The summed E-state index contributed by atoms with van der Waals surface area (Å²) >= 11 is 4.48. The molecule has 2 N–H and O–H groups in total. The Morgan fingerprint density at radius 1 is 1.32 bits per heavy atom. The molecule has 0 aliphatic rings. The van der Waals surface area contributed by atoms with Gasteiger partial charge in [0.25, 0.3) is 10.0 Å². The number of aryl methyl sites for hydroxylation is 1. The lowest BCUT2D eigenvalue weighted by atomic mass is 10.4. The van der Waals surface area contributed by atoms with E-state index < -0.39 is 10.0 Å². The van der Waals surface area contributed by atoms with Crippen molar-refractivity contribution in [1.82, 2.24) is 9.97 Å². The van der Waals surface area contributed by atoms with Gasteiger partial charge in [-0.3, -0.25) is 4.72 Å². The number of nitrogens with one attached hydrogen (secondary N) is 2. The van der Waals surface area contributed by atoms with E-state index in [0.29, 0.717) is 9.60 Å². The van der Waals surface area contributed by atoms with Gasteiger partial charge in [0, 0.05) is 28.8 Å². The minimum atomic E-state index is -3.72. The molecule has 0 aliphatic heterocycles. The lowest BCUT2D eigenvalue weighted by Gasteiger charge is -2.09. The highest BCUT2D eigenvalue weighted by atomic mass is 79.9. The fraction of sp³-hybridized carbons (Fsp3) is 0.200. The van der Waals surface area contributed by atoms with E-state index >= 15 is 0 Å². The second kappa shape index (κ2) is 5.43. The summed E-state index contributed by atoms with van der Waals surface area (Å²) < 4.78 is 27.6. The maximum absolute atomic E-state index is 12.3. The molecule has 0 saturated heterocycles. The highest BCUT2D eigenvalue weighted by Crippen LogP contribution is 2.26. The molecule has 0 aromatic carbocycles. The van der Waals surface area contributed by atoms with Crippen molar-refractivity contribution in [3.05, 3.63) is 27.8 Å². The molecule has 0 unspecified atom stereocenters. The van der Waals surface area contributed by atoms with E-state index in [9.17, 15) is 8.42 Å². The molecule has 0 amide bonds. The third kappa shape index (κ3) is 3.23. The molecule has 0 saturated carbocycles. The van der Waals surface area contributed by atoms with Gasteiger partial charge in [-0.2, -0.15) is 0 Å². The van der Waals surface area contributed by atoms with Crippen LogP contribution < -0.4 is 10.0 Å². The zero-order valence-electron chi connectivity index (χ0n) is 10.1. The monoisotopic (exact) mass is 362 g/mol. The first-order chi connectivity index (χ1) is 8.92. The summed E-state index contributed by atoms with van der Waals surface area (Å²) in [5.74, 6) is 0.281. The van der Waals surface area contributed by atoms with Crippen LogP contribution in [0, 0.1) is 6.92 Å². The maximum atomic E-state index is 12.3. The fourth-order valence-corrected chi connectivity index (χ4v) is 3.96. The van der Waals surface area contributed by atoms with Crippen molar-refractivity contribution in [3.63, 3.8) is 0 Å². The molecule has 2 aromatic heterocycles. The van der Waals surface area contributed by atoms with E-state index in [1.54, 1.807) is 13.2 Å². The third-order valence-electron chi connectivity index (χ3n) is 2.19. The van der Waals surface area contributed by atoms with Gasteiger partial charge in [0.2, 0.25) is 0 Å². The van der Waals surface area contributed by atoms with Crippen molar-refractivity contribution >= 4 is 48.2 Å². The van der Waals surface area contributed by atoms with Crippen molar-refractivity contribution in [2.75, 3.05) is 17.1 Å². The third-order valence-corrected chi connectivity index (χ3v) is 4.93. The molecular weight excluding hydrogens is 352 g/mol. The smallest absolute Gasteiger partial charge is 0.267 e. The fourth-order valence-electron chi connectivity index (χ4n) is 1.39. The molecule has 0 spiro atoms. The minimum Gasteiger partial charge on any atom is -0.372 e. The number of anilines is 2. The van der Waals surface area contributed by atoms with Crippen LogP contribution in [0.2, 0.25) is 0 Å². The van der Waals surface area contributed by atoms with Crippen LogP contribution >= 0.6 is 27.3 Å². The van der Waals surface area contributed by atoms with Gasteiger partial charge in [-0.15, -0.1) is 11.3 Å². The normalized spacial score (nSPS) is 11.3. The molecular formula is C10H11BrN4O2S2. The number of aromatic nitrogens is 2. The number of hydrogen-bond donors (Lipinski definition) is 2. The van der Waals surface area contributed by atoms with E-state index in [1.807, 2.05) is 6.92 Å². The summed E-state index contributed by atoms with van der Waals surface area (Å²) in [4.78, 5) is 8.99. The van der Waals surface area contributed by atoms with Crippen molar-refractivity contribution in [2.24, 2.45) is 0 Å². The van der Waals surface area contributed by atoms with Crippen LogP contribution in [-0.2, 0) is 10.0 Å². The van der Waals surface area contributed by atoms with Crippen LogP contribution in [0.25, 0.3) is 0 Å². The molecule has 0 aliphatic carbocycles. The summed E-state index contributed by atoms with van der Waals surface area (Å²) in [6, 6.07) is 1.49. The topological polar surface area (TPSA) is 84.0 Å². The van der Waals surface area contributed by atoms with Crippen LogP contribution in [0.15, 0.2) is 27.8 Å². The lowest BCUT2D eigenvalue weighted by molar-refractivity contribution is 0.601. The first-order valence-corrected chi connectivity index (χ1v) is 8.30. The Labute approximate surface area is 123 Å². The molecule has 0 radical (unpaired) electrons. The van der Waals surface area contributed by atoms with Gasteiger partial charge < -0.3 is 5.32 Å². The number of thiazole rings is 1. The quantitative estimate of drug-likeness (QED) is 0.872. The van der Waals surface area contributed by atoms with Gasteiger partial charge in [-0.05, 0) is 28.9 Å². The first kappa shape index (κ1) is 14.2. The zero-order valence-corrected chi connectivity index (χ0v) is 13.4. The largest absolute Gasteiger partial charge is 0.372 e. The molecule has 2 heterocycles. The number of rotatable bonds is 4. The van der Waals surface area contributed by atoms with Gasteiger partial charge in [0.1, 0.15) is 10.7 Å². The molecule has 0 atom stereocenters. The van der Waals surface area contributed by atoms with Gasteiger partial charge in [-0.25, -0.2) is 18.4 Å². The van der Waals surface area contributed by atoms with Crippen LogP contribution in [0.5, 0.6) is 0 Å². The minimum absolute atomic E-state index is 0.0669. The second-order valence-electron chi connectivity index (χ2n) is 3.63. The van der Waals surface area contributed by atoms with Gasteiger partial charge in [0.15, 0.2) is 5.13 Å². The first-order valence-electron chi connectivity index (χ1n) is 5.21. The SMILES string of the molecule is CNc1ncc(Br)cc1S(=O)(=O)Nc1ncc(C)s1. The molecule has 2 rings (SSSR count).